The Bertz CT molecular complexity index is 818. The third kappa shape index (κ3) is 4.47. The maximum absolute atomic E-state index is 12.1. The highest BCUT2D eigenvalue weighted by Gasteiger charge is 2.18. The summed E-state index contributed by atoms with van der Waals surface area (Å²) in [6.07, 6.45) is 6.49. The zero-order chi connectivity index (χ0) is 17.6. The molecule has 1 aromatic heterocycles. The first-order chi connectivity index (χ1) is 12.1. The Hall–Kier alpha value is -2.63. The van der Waals surface area contributed by atoms with Gasteiger partial charge in [0.15, 0.2) is 6.61 Å². The van der Waals surface area contributed by atoms with Crippen LogP contribution in [0.15, 0.2) is 39.5 Å². The summed E-state index contributed by atoms with van der Waals surface area (Å²) in [6.45, 7) is -0.401. The Morgan fingerprint density at radius 2 is 1.84 bits per heavy atom. The molecule has 0 saturated heterocycles. The Morgan fingerprint density at radius 1 is 1.12 bits per heavy atom. The van der Waals surface area contributed by atoms with Crippen LogP contribution in [-0.2, 0) is 9.53 Å². The predicted octanol–water partition coefficient (Wildman–Crippen LogP) is 2.79. The Labute approximate surface area is 145 Å². The monoisotopic (exact) mass is 343 g/mol. The number of rotatable bonds is 4. The number of esters is 1. The molecule has 1 saturated carbocycles. The second-order valence-corrected chi connectivity index (χ2v) is 6.32. The summed E-state index contributed by atoms with van der Waals surface area (Å²) in [5.41, 5.74) is -0.580. The van der Waals surface area contributed by atoms with Crippen LogP contribution < -0.4 is 10.9 Å². The van der Waals surface area contributed by atoms with Crippen LogP contribution in [0.5, 0.6) is 0 Å². The highest BCUT2D eigenvalue weighted by atomic mass is 16.5. The van der Waals surface area contributed by atoms with Gasteiger partial charge in [-0.3, -0.25) is 4.79 Å². The molecule has 6 heteroatoms. The van der Waals surface area contributed by atoms with Crippen molar-refractivity contribution in [1.82, 2.24) is 5.32 Å². The van der Waals surface area contributed by atoms with Crippen LogP contribution in [0.1, 0.15) is 48.9 Å². The van der Waals surface area contributed by atoms with Gasteiger partial charge in [0.05, 0.1) is 0 Å². The van der Waals surface area contributed by atoms with Crippen LogP contribution in [0.4, 0.5) is 0 Å². The molecule has 0 bridgehead atoms. The van der Waals surface area contributed by atoms with E-state index in [1.807, 2.05) is 0 Å². The fourth-order valence-electron chi connectivity index (χ4n) is 3.11. The third-order valence-electron chi connectivity index (χ3n) is 4.42. The molecule has 0 atom stereocenters. The smallest absolute Gasteiger partial charge is 0.351 e. The van der Waals surface area contributed by atoms with Gasteiger partial charge in [0.2, 0.25) is 0 Å². The van der Waals surface area contributed by atoms with Gasteiger partial charge >= 0.3 is 11.6 Å². The number of carbonyl (C=O) groups excluding carboxylic acids is 2. The Morgan fingerprint density at radius 3 is 2.60 bits per heavy atom. The van der Waals surface area contributed by atoms with E-state index in [9.17, 15) is 14.4 Å². The minimum atomic E-state index is -0.851. The summed E-state index contributed by atoms with van der Waals surface area (Å²) in [7, 11) is 0. The second-order valence-electron chi connectivity index (χ2n) is 6.32. The van der Waals surface area contributed by atoms with Crippen molar-refractivity contribution in [2.75, 3.05) is 6.61 Å². The zero-order valence-electron chi connectivity index (χ0n) is 14.0. The molecule has 1 N–H and O–H groups in total. The standard InChI is InChI=1S/C19H21NO5/c21-17(20-14-8-3-1-2-4-9-14)12-24-18(22)15-11-13-7-5-6-10-16(13)25-19(15)23/h5-7,10-11,14H,1-4,8-9,12H2,(H,20,21). The van der Waals surface area contributed by atoms with Gasteiger partial charge in [-0.1, -0.05) is 43.9 Å². The molecule has 6 nitrogen and oxygen atoms in total. The molecule has 0 aliphatic heterocycles. The lowest BCUT2D eigenvalue weighted by Crippen LogP contribution is -2.37. The largest absolute Gasteiger partial charge is 0.452 e. The molecule has 1 fully saturated rings. The lowest BCUT2D eigenvalue weighted by molar-refractivity contribution is -0.125. The van der Waals surface area contributed by atoms with Crippen LogP contribution in [0.2, 0.25) is 0 Å². The van der Waals surface area contributed by atoms with E-state index in [0.29, 0.717) is 11.0 Å². The van der Waals surface area contributed by atoms with Gasteiger partial charge in [0.1, 0.15) is 11.1 Å². The van der Waals surface area contributed by atoms with Gasteiger partial charge in [0.25, 0.3) is 5.91 Å². The van der Waals surface area contributed by atoms with Crippen LogP contribution in [0.3, 0.4) is 0 Å². The van der Waals surface area contributed by atoms with Gasteiger partial charge in [-0.25, -0.2) is 9.59 Å². The first-order valence-corrected chi connectivity index (χ1v) is 8.63. The van der Waals surface area contributed by atoms with Crippen LogP contribution >= 0.6 is 0 Å². The molecule has 0 radical (unpaired) electrons. The van der Waals surface area contributed by atoms with Crippen LogP contribution in [0, 0.1) is 0 Å². The normalized spacial score (nSPS) is 15.5. The van der Waals surface area contributed by atoms with Crippen molar-refractivity contribution in [2.45, 2.75) is 44.6 Å². The van der Waals surface area contributed by atoms with Crippen molar-refractivity contribution >= 4 is 22.8 Å². The van der Waals surface area contributed by atoms with Crippen molar-refractivity contribution in [2.24, 2.45) is 0 Å². The molecule has 3 rings (SSSR count). The lowest BCUT2D eigenvalue weighted by Gasteiger charge is -2.16. The molecular formula is C19H21NO5. The molecule has 1 aliphatic rings. The summed E-state index contributed by atoms with van der Waals surface area (Å²) < 4.78 is 10.1. The van der Waals surface area contributed by atoms with E-state index in [1.54, 1.807) is 24.3 Å². The van der Waals surface area contributed by atoms with Crippen LogP contribution in [-0.4, -0.2) is 24.5 Å². The molecule has 25 heavy (non-hydrogen) atoms. The van der Waals surface area contributed by atoms with Gasteiger partial charge in [-0.2, -0.15) is 0 Å². The average molecular weight is 343 g/mol. The van der Waals surface area contributed by atoms with E-state index in [-0.39, 0.29) is 17.5 Å². The zero-order valence-corrected chi connectivity index (χ0v) is 14.0. The highest BCUT2D eigenvalue weighted by molar-refractivity contribution is 5.94. The molecule has 1 aliphatic carbocycles. The van der Waals surface area contributed by atoms with Gasteiger partial charge < -0.3 is 14.5 Å². The number of ether oxygens (including phenoxy) is 1. The molecule has 2 aromatic rings. The van der Waals surface area contributed by atoms with Gasteiger partial charge in [0, 0.05) is 11.4 Å². The molecule has 1 aromatic carbocycles. The fraction of sp³-hybridized carbons (Fsp3) is 0.421. The minimum absolute atomic E-state index is 0.138. The number of fused-ring (bicyclic) bond motifs is 1. The SMILES string of the molecule is O=C(COC(=O)c1cc2ccccc2oc1=O)NC1CCCCCC1. The van der Waals surface area contributed by atoms with E-state index >= 15 is 0 Å². The summed E-state index contributed by atoms with van der Waals surface area (Å²) in [4.78, 5) is 36.0. The van der Waals surface area contributed by atoms with Crippen molar-refractivity contribution < 1.29 is 18.7 Å². The van der Waals surface area contributed by atoms with E-state index in [2.05, 4.69) is 5.32 Å². The molecule has 1 amide bonds. The molecular weight excluding hydrogens is 322 g/mol. The Kier molecular flexibility index (Phi) is 5.48. The lowest BCUT2D eigenvalue weighted by atomic mass is 10.1. The fourth-order valence-corrected chi connectivity index (χ4v) is 3.11. The number of para-hydroxylation sites is 1. The third-order valence-corrected chi connectivity index (χ3v) is 4.42. The van der Waals surface area contributed by atoms with E-state index in [0.717, 1.165) is 25.7 Å². The maximum atomic E-state index is 12.1. The van der Waals surface area contributed by atoms with Gasteiger partial charge in [-0.15, -0.1) is 0 Å². The number of hydrogen-bond donors (Lipinski definition) is 1. The highest BCUT2D eigenvalue weighted by Crippen LogP contribution is 2.17. The Balaban J connectivity index is 1.59. The summed E-state index contributed by atoms with van der Waals surface area (Å²) in [5.74, 6) is -1.19. The first-order valence-electron chi connectivity index (χ1n) is 8.63. The van der Waals surface area contributed by atoms with E-state index in [1.165, 1.54) is 18.9 Å². The van der Waals surface area contributed by atoms with Crippen molar-refractivity contribution in [3.8, 4) is 0 Å². The predicted molar refractivity (Wildman–Crippen MR) is 92.4 cm³/mol. The molecule has 1 heterocycles. The average Bonchev–Trinajstić information content (AvgIpc) is 2.87. The van der Waals surface area contributed by atoms with Crippen molar-refractivity contribution in [3.05, 3.63) is 46.3 Å². The summed E-state index contributed by atoms with van der Waals surface area (Å²) >= 11 is 0. The summed E-state index contributed by atoms with van der Waals surface area (Å²) in [6, 6.07) is 8.45. The molecule has 0 unspecified atom stereocenters. The quantitative estimate of drug-likeness (QED) is 0.524. The number of carbonyl (C=O) groups is 2. The second kappa shape index (κ2) is 7.96. The van der Waals surface area contributed by atoms with E-state index < -0.39 is 18.2 Å². The number of benzene rings is 1. The topological polar surface area (TPSA) is 85.6 Å². The molecule has 0 spiro atoms. The van der Waals surface area contributed by atoms with Crippen molar-refractivity contribution in [1.29, 1.82) is 0 Å². The first kappa shape index (κ1) is 17.2. The van der Waals surface area contributed by atoms with Crippen molar-refractivity contribution in [3.63, 3.8) is 0 Å². The van der Waals surface area contributed by atoms with Crippen LogP contribution in [0.25, 0.3) is 11.0 Å². The van der Waals surface area contributed by atoms with E-state index in [4.69, 9.17) is 9.15 Å². The minimum Gasteiger partial charge on any atom is -0.452 e. The number of amides is 1. The summed E-state index contributed by atoms with van der Waals surface area (Å²) in [5, 5.41) is 3.51. The number of nitrogens with one attached hydrogen (secondary N) is 1. The molecule has 132 valence electrons. The maximum Gasteiger partial charge on any atom is 0.351 e. The number of hydrogen-bond acceptors (Lipinski definition) is 5. The van der Waals surface area contributed by atoms with Gasteiger partial charge in [-0.05, 0) is 25.0 Å².